The molecule has 0 bridgehead atoms. The van der Waals surface area contributed by atoms with E-state index in [1.807, 2.05) is 18.2 Å². The van der Waals surface area contributed by atoms with E-state index in [9.17, 15) is 4.79 Å². The summed E-state index contributed by atoms with van der Waals surface area (Å²) in [5.74, 6) is 0.557. The van der Waals surface area contributed by atoms with Crippen LogP contribution in [0, 0.1) is 0 Å². The second-order valence-electron chi connectivity index (χ2n) is 5.38. The van der Waals surface area contributed by atoms with Crippen molar-refractivity contribution in [2.45, 2.75) is 32.6 Å². The summed E-state index contributed by atoms with van der Waals surface area (Å²) < 4.78 is 1.55. The molecule has 0 aliphatic carbocycles. The minimum absolute atomic E-state index is 0.254. The first-order valence-corrected chi connectivity index (χ1v) is 7.58. The summed E-state index contributed by atoms with van der Waals surface area (Å²) in [5, 5.41) is 0. The summed E-state index contributed by atoms with van der Waals surface area (Å²) in [6, 6.07) is 7.94. The number of benzene rings is 1. The predicted octanol–water partition coefficient (Wildman–Crippen LogP) is 2.18. The fourth-order valence-corrected chi connectivity index (χ4v) is 2.79. The molecule has 1 saturated heterocycles. The van der Waals surface area contributed by atoms with Gasteiger partial charge in [-0.2, -0.15) is 4.98 Å². The zero-order valence-electron chi connectivity index (χ0n) is 12.3. The number of para-hydroxylation sites is 1. The first kappa shape index (κ1) is 13.8. The van der Waals surface area contributed by atoms with E-state index < -0.39 is 0 Å². The normalized spacial score (nSPS) is 14.6. The van der Waals surface area contributed by atoms with Gasteiger partial charge < -0.3 is 4.90 Å². The maximum atomic E-state index is 12.3. The Hall–Kier alpha value is -2.17. The largest absolute Gasteiger partial charge is 0.356 e. The van der Waals surface area contributed by atoms with Crippen molar-refractivity contribution in [3.8, 4) is 5.69 Å². The van der Waals surface area contributed by atoms with Crippen LogP contribution in [0.25, 0.3) is 5.69 Å². The monoisotopic (exact) mass is 284 g/mol. The first-order chi connectivity index (χ1) is 10.3. The lowest BCUT2D eigenvalue weighted by Gasteiger charge is -2.15. The van der Waals surface area contributed by atoms with Gasteiger partial charge in [-0.15, -0.1) is 0 Å². The van der Waals surface area contributed by atoms with Gasteiger partial charge in [0, 0.05) is 13.1 Å². The third-order valence-electron chi connectivity index (χ3n) is 3.85. The molecule has 0 saturated carbocycles. The van der Waals surface area contributed by atoms with Crippen LogP contribution in [0.4, 0.5) is 5.95 Å². The summed E-state index contributed by atoms with van der Waals surface area (Å²) in [6.07, 6.45) is 5.88. The Morgan fingerprint density at radius 2 is 1.95 bits per heavy atom. The molecule has 0 atom stereocenters. The van der Waals surface area contributed by atoms with Gasteiger partial charge in [0.1, 0.15) is 6.33 Å². The highest BCUT2D eigenvalue weighted by molar-refractivity contribution is 5.41. The van der Waals surface area contributed by atoms with Crippen LogP contribution >= 0.6 is 0 Å². The summed E-state index contributed by atoms with van der Waals surface area (Å²) in [5.41, 5.74) is 1.78. The Morgan fingerprint density at radius 3 is 2.67 bits per heavy atom. The van der Waals surface area contributed by atoms with Crippen LogP contribution in [0.3, 0.4) is 0 Å². The lowest BCUT2D eigenvalue weighted by atomic mass is 10.1. The zero-order valence-corrected chi connectivity index (χ0v) is 12.3. The number of hydrogen-bond acceptors (Lipinski definition) is 4. The Balaban J connectivity index is 1.98. The molecule has 0 N–H and O–H groups in total. The van der Waals surface area contributed by atoms with Gasteiger partial charge in [-0.25, -0.2) is 9.78 Å². The molecular formula is C16H20N4O. The quantitative estimate of drug-likeness (QED) is 0.863. The minimum atomic E-state index is -0.254. The minimum Gasteiger partial charge on any atom is -0.341 e. The molecule has 0 spiro atoms. The highest BCUT2D eigenvalue weighted by atomic mass is 16.1. The number of anilines is 1. The van der Waals surface area contributed by atoms with Crippen molar-refractivity contribution in [1.29, 1.82) is 0 Å². The highest BCUT2D eigenvalue weighted by Crippen LogP contribution is 2.16. The van der Waals surface area contributed by atoms with E-state index >= 15 is 0 Å². The van der Waals surface area contributed by atoms with E-state index in [0.717, 1.165) is 50.0 Å². The van der Waals surface area contributed by atoms with Crippen LogP contribution < -0.4 is 10.6 Å². The lowest BCUT2D eigenvalue weighted by Crippen LogP contribution is -2.28. The highest BCUT2D eigenvalue weighted by Gasteiger charge is 2.16. The molecule has 3 rings (SSSR count). The number of hydrogen-bond donors (Lipinski definition) is 0. The Labute approximate surface area is 124 Å². The third-order valence-corrected chi connectivity index (χ3v) is 3.85. The maximum absolute atomic E-state index is 12.3. The van der Waals surface area contributed by atoms with E-state index in [4.69, 9.17) is 0 Å². The van der Waals surface area contributed by atoms with Crippen LogP contribution in [0.5, 0.6) is 0 Å². The van der Waals surface area contributed by atoms with Crippen molar-refractivity contribution in [3.05, 3.63) is 46.6 Å². The van der Waals surface area contributed by atoms with Gasteiger partial charge in [0.15, 0.2) is 0 Å². The predicted molar refractivity (Wildman–Crippen MR) is 83.1 cm³/mol. The van der Waals surface area contributed by atoms with Crippen LogP contribution in [0.1, 0.15) is 31.7 Å². The van der Waals surface area contributed by atoms with Gasteiger partial charge in [-0.1, -0.05) is 31.5 Å². The van der Waals surface area contributed by atoms with Crippen molar-refractivity contribution in [2.24, 2.45) is 0 Å². The second kappa shape index (κ2) is 6.08. The fraction of sp³-hybridized carbons (Fsp3) is 0.438. The van der Waals surface area contributed by atoms with Gasteiger partial charge in [0.05, 0.1) is 5.69 Å². The zero-order chi connectivity index (χ0) is 14.7. The molecule has 0 unspecified atom stereocenters. The SMILES string of the molecule is CCCc1ccccc1-n1cnc(N2CCCC2)nc1=O. The molecule has 5 nitrogen and oxygen atoms in total. The Kier molecular flexibility index (Phi) is 3.99. The standard InChI is InChI=1S/C16H20N4O/c1-2-7-13-8-3-4-9-14(13)20-12-17-15(18-16(20)21)19-10-5-6-11-19/h3-4,8-9,12H,2,5-7,10-11H2,1H3. The first-order valence-electron chi connectivity index (χ1n) is 7.58. The van der Waals surface area contributed by atoms with Crippen molar-refractivity contribution < 1.29 is 0 Å². The van der Waals surface area contributed by atoms with Crippen molar-refractivity contribution in [1.82, 2.24) is 14.5 Å². The smallest absolute Gasteiger partial charge is 0.341 e. The van der Waals surface area contributed by atoms with Crippen LogP contribution in [0.2, 0.25) is 0 Å². The molecule has 2 aromatic rings. The van der Waals surface area contributed by atoms with E-state index in [0.29, 0.717) is 5.95 Å². The lowest BCUT2D eigenvalue weighted by molar-refractivity contribution is 0.798. The molecule has 1 aliphatic heterocycles. The molecule has 5 heteroatoms. The molecule has 1 aromatic carbocycles. The topological polar surface area (TPSA) is 51.0 Å². The Morgan fingerprint density at radius 1 is 1.19 bits per heavy atom. The van der Waals surface area contributed by atoms with E-state index in [2.05, 4.69) is 27.9 Å². The van der Waals surface area contributed by atoms with Gasteiger partial charge in [-0.05, 0) is 30.9 Å². The average molecular weight is 284 g/mol. The van der Waals surface area contributed by atoms with E-state index in [-0.39, 0.29) is 5.69 Å². The average Bonchev–Trinajstić information content (AvgIpc) is 3.03. The molecule has 0 radical (unpaired) electrons. The molecule has 21 heavy (non-hydrogen) atoms. The van der Waals surface area contributed by atoms with E-state index in [1.54, 1.807) is 10.9 Å². The van der Waals surface area contributed by atoms with Gasteiger partial charge in [0.25, 0.3) is 0 Å². The number of rotatable bonds is 4. The molecule has 1 aliphatic rings. The van der Waals surface area contributed by atoms with E-state index in [1.165, 1.54) is 0 Å². The van der Waals surface area contributed by atoms with Crippen LogP contribution in [-0.2, 0) is 6.42 Å². The molecule has 110 valence electrons. The molecule has 0 amide bonds. The molecule has 1 aromatic heterocycles. The summed E-state index contributed by atoms with van der Waals surface area (Å²) in [6.45, 7) is 4.01. The van der Waals surface area contributed by atoms with Crippen molar-refractivity contribution in [3.63, 3.8) is 0 Å². The van der Waals surface area contributed by atoms with Gasteiger partial charge in [-0.3, -0.25) is 4.57 Å². The second-order valence-corrected chi connectivity index (χ2v) is 5.38. The van der Waals surface area contributed by atoms with Crippen LogP contribution in [-0.4, -0.2) is 27.6 Å². The van der Waals surface area contributed by atoms with Crippen molar-refractivity contribution >= 4 is 5.95 Å². The fourth-order valence-electron chi connectivity index (χ4n) is 2.79. The number of aryl methyl sites for hydroxylation is 1. The number of nitrogens with zero attached hydrogens (tertiary/aromatic N) is 4. The Bertz CT molecular complexity index is 674. The summed E-state index contributed by atoms with van der Waals surface area (Å²) in [4.78, 5) is 22.9. The van der Waals surface area contributed by atoms with Gasteiger partial charge >= 0.3 is 5.69 Å². The van der Waals surface area contributed by atoms with Crippen LogP contribution in [0.15, 0.2) is 35.4 Å². The summed E-state index contributed by atoms with van der Waals surface area (Å²) in [7, 11) is 0. The summed E-state index contributed by atoms with van der Waals surface area (Å²) >= 11 is 0. The van der Waals surface area contributed by atoms with Gasteiger partial charge in [0.2, 0.25) is 5.95 Å². The molecular weight excluding hydrogens is 264 g/mol. The van der Waals surface area contributed by atoms with Crippen molar-refractivity contribution in [2.75, 3.05) is 18.0 Å². The molecule has 1 fully saturated rings. The maximum Gasteiger partial charge on any atom is 0.356 e. The third kappa shape index (κ3) is 2.82. The number of aromatic nitrogens is 3. The molecule has 2 heterocycles.